The Hall–Kier alpha value is -1.09. The summed E-state index contributed by atoms with van der Waals surface area (Å²) in [5.41, 5.74) is 0. The van der Waals surface area contributed by atoms with Gasteiger partial charge in [-0.25, -0.2) is 8.42 Å². The van der Waals surface area contributed by atoms with Crippen LogP contribution in [0.2, 0.25) is 0 Å². The van der Waals surface area contributed by atoms with Gasteiger partial charge in [-0.2, -0.15) is 0 Å². The van der Waals surface area contributed by atoms with Crippen molar-refractivity contribution in [1.82, 2.24) is 0 Å². The van der Waals surface area contributed by atoms with E-state index in [0.717, 1.165) is 5.41 Å². The molecular formula is C8H7O2S. The Kier molecular flexibility index (Phi) is 2.10. The van der Waals surface area contributed by atoms with Crippen LogP contribution in [0.15, 0.2) is 41.1 Å². The Bertz CT molecular complexity index is 338. The minimum atomic E-state index is -3.27. The first-order valence-corrected chi connectivity index (χ1v) is 4.55. The molecule has 0 bridgehead atoms. The molecule has 0 amide bonds. The van der Waals surface area contributed by atoms with E-state index in [1.807, 2.05) is 0 Å². The van der Waals surface area contributed by atoms with Crippen molar-refractivity contribution in [3.05, 3.63) is 42.3 Å². The number of hydrogen-bond acceptors (Lipinski definition) is 2. The van der Waals surface area contributed by atoms with Gasteiger partial charge in [0.15, 0.2) is 9.84 Å². The van der Waals surface area contributed by atoms with Gasteiger partial charge in [-0.05, 0) is 18.2 Å². The van der Waals surface area contributed by atoms with E-state index in [0.29, 0.717) is 0 Å². The second kappa shape index (κ2) is 2.88. The summed E-state index contributed by atoms with van der Waals surface area (Å²) in [7, 11) is -3.27. The molecule has 1 radical (unpaired) electrons. The van der Waals surface area contributed by atoms with Crippen molar-refractivity contribution in [2.24, 2.45) is 0 Å². The van der Waals surface area contributed by atoms with Gasteiger partial charge in [0.05, 0.1) is 4.90 Å². The maximum absolute atomic E-state index is 11.1. The Balaban J connectivity index is 3.24. The van der Waals surface area contributed by atoms with Crippen LogP contribution >= 0.6 is 0 Å². The molecule has 0 aromatic heterocycles. The first-order valence-electron chi connectivity index (χ1n) is 3.00. The molecule has 0 N–H and O–H groups in total. The summed E-state index contributed by atoms with van der Waals surface area (Å²) in [4.78, 5) is 0.231. The van der Waals surface area contributed by atoms with Crippen molar-refractivity contribution in [1.29, 1.82) is 0 Å². The molecule has 0 spiro atoms. The molecule has 3 heteroatoms. The van der Waals surface area contributed by atoms with Gasteiger partial charge in [0.2, 0.25) is 0 Å². The van der Waals surface area contributed by atoms with E-state index in [2.05, 4.69) is 12.6 Å². The molecule has 2 nitrogen and oxygen atoms in total. The van der Waals surface area contributed by atoms with Crippen LogP contribution in [-0.2, 0) is 9.84 Å². The van der Waals surface area contributed by atoms with Gasteiger partial charge in [-0.1, -0.05) is 18.7 Å². The maximum atomic E-state index is 11.1. The van der Waals surface area contributed by atoms with Crippen molar-refractivity contribution < 1.29 is 8.42 Å². The monoisotopic (exact) mass is 167 g/mol. The van der Waals surface area contributed by atoms with E-state index in [-0.39, 0.29) is 4.90 Å². The van der Waals surface area contributed by atoms with E-state index >= 15 is 0 Å². The second-order valence-electron chi connectivity index (χ2n) is 1.95. The minimum absolute atomic E-state index is 0.231. The number of rotatable bonds is 2. The van der Waals surface area contributed by atoms with Crippen molar-refractivity contribution in [2.75, 3.05) is 0 Å². The van der Waals surface area contributed by atoms with Gasteiger partial charge < -0.3 is 0 Å². The van der Waals surface area contributed by atoms with Crippen LogP contribution in [-0.4, -0.2) is 8.42 Å². The topological polar surface area (TPSA) is 34.1 Å². The zero-order valence-electron chi connectivity index (χ0n) is 5.82. The van der Waals surface area contributed by atoms with Crippen LogP contribution < -0.4 is 0 Å². The molecule has 0 unspecified atom stereocenters. The van der Waals surface area contributed by atoms with E-state index in [4.69, 9.17) is 0 Å². The lowest BCUT2D eigenvalue weighted by atomic mass is 10.4. The van der Waals surface area contributed by atoms with Crippen LogP contribution in [0.1, 0.15) is 0 Å². The fourth-order valence-electron chi connectivity index (χ4n) is 0.650. The molecule has 0 heterocycles. The first kappa shape index (κ1) is 8.01. The molecule has 0 saturated heterocycles. The molecular weight excluding hydrogens is 160 g/mol. The van der Waals surface area contributed by atoms with Gasteiger partial charge in [-0.15, -0.1) is 0 Å². The van der Waals surface area contributed by atoms with Crippen molar-refractivity contribution >= 4 is 9.84 Å². The summed E-state index contributed by atoms with van der Waals surface area (Å²) in [5.74, 6) is 0. The smallest absolute Gasteiger partial charge is 0.199 e. The normalized spacial score (nSPS) is 10.9. The van der Waals surface area contributed by atoms with Gasteiger partial charge in [0, 0.05) is 5.41 Å². The molecule has 0 atom stereocenters. The fraction of sp³-hybridized carbons (Fsp3) is 0. The van der Waals surface area contributed by atoms with Crippen LogP contribution in [0.3, 0.4) is 0 Å². The molecule has 1 rings (SSSR count). The lowest BCUT2D eigenvalue weighted by molar-refractivity contribution is 0.604. The zero-order valence-corrected chi connectivity index (χ0v) is 6.64. The summed E-state index contributed by atoms with van der Waals surface area (Å²) in [6.45, 7) is 3.21. The molecule has 0 aliphatic rings. The van der Waals surface area contributed by atoms with Gasteiger partial charge >= 0.3 is 0 Å². The average Bonchev–Trinajstić information content (AvgIpc) is 2.06. The molecule has 11 heavy (non-hydrogen) atoms. The Morgan fingerprint density at radius 1 is 1.55 bits per heavy atom. The first-order chi connectivity index (χ1) is 5.17. The Morgan fingerprint density at radius 3 is 2.73 bits per heavy atom. The summed E-state index contributed by atoms with van der Waals surface area (Å²) in [6, 6.07) is 8.86. The lowest BCUT2D eigenvalue weighted by Gasteiger charge is -1.94. The second-order valence-corrected chi connectivity index (χ2v) is 3.85. The fourth-order valence-corrected chi connectivity index (χ4v) is 1.34. The van der Waals surface area contributed by atoms with Gasteiger partial charge in [0.25, 0.3) is 0 Å². The molecule has 1 aromatic carbocycles. The zero-order chi connectivity index (χ0) is 8.32. The highest BCUT2D eigenvalue weighted by atomic mass is 32.2. The predicted octanol–water partition coefficient (Wildman–Crippen LogP) is 1.40. The third-order valence-corrected chi connectivity index (χ3v) is 2.58. The number of benzene rings is 1. The summed E-state index contributed by atoms with van der Waals surface area (Å²) >= 11 is 0. The van der Waals surface area contributed by atoms with E-state index in [1.165, 1.54) is 12.1 Å². The number of sulfone groups is 1. The standard InChI is InChI=1S/C8H7O2S/c1-2-11(9,10)8-6-4-3-5-7-8/h2-4,6-7H,1H2. The van der Waals surface area contributed by atoms with Crippen LogP contribution in [0, 0.1) is 6.07 Å². The van der Waals surface area contributed by atoms with Crippen molar-refractivity contribution in [3.63, 3.8) is 0 Å². The molecule has 1 aromatic rings. The summed E-state index contributed by atoms with van der Waals surface area (Å²) in [6.07, 6.45) is 0. The van der Waals surface area contributed by atoms with Crippen LogP contribution in [0.25, 0.3) is 0 Å². The SMILES string of the molecule is C=CS(=O)(=O)c1c[c]ccc1. The molecule has 57 valence electrons. The lowest BCUT2D eigenvalue weighted by Crippen LogP contribution is -1.93. The van der Waals surface area contributed by atoms with Crippen molar-refractivity contribution in [3.8, 4) is 0 Å². The third kappa shape index (κ3) is 1.68. The molecule has 0 saturated carbocycles. The minimum Gasteiger partial charge on any atom is -0.219 e. The summed E-state index contributed by atoms with van der Waals surface area (Å²) < 4.78 is 22.1. The maximum Gasteiger partial charge on any atom is 0.199 e. The molecule has 0 aliphatic carbocycles. The highest BCUT2D eigenvalue weighted by Crippen LogP contribution is 2.09. The van der Waals surface area contributed by atoms with Crippen LogP contribution in [0.4, 0.5) is 0 Å². The van der Waals surface area contributed by atoms with E-state index < -0.39 is 9.84 Å². The highest BCUT2D eigenvalue weighted by Gasteiger charge is 2.06. The number of hydrogen-bond donors (Lipinski definition) is 0. The van der Waals surface area contributed by atoms with Crippen molar-refractivity contribution in [2.45, 2.75) is 4.90 Å². The average molecular weight is 167 g/mol. The van der Waals surface area contributed by atoms with Gasteiger partial charge in [-0.3, -0.25) is 0 Å². The quantitative estimate of drug-likeness (QED) is 0.667. The van der Waals surface area contributed by atoms with Crippen LogP contribution in [0.5, 0.6) is 0 Å². The Morgan fingerprint density at radius 2 is 2.27 bits per heavy atom. The Labute approximate surface area is 66.1 Å². The van der Waals surface area contributed by atoms with E-state index in [9.17, 15) is 8.42 Å². The van der Waals surface area contributed by atoms with Gasteiger partial charge in [0.1, 0.15) is 0 Å². The molecule has 0 fully saturated rings. The summed E-state index contributed by atoms with van der Waals surface area (Å²) in [5, 5.41) is 0.927. The van der Waals surface area contributed by atoms with E-state index in [1.54, 1.807) is 12.1 Å². The highest BCUT2D eigenvalue weighted by molar-refractivity contribution is 7.94. The predicted molar refractivity (Wildman–Crippen MR) is 42.7 cm³/mol. The molecule has 0 aliphatic heterocycles. The largest absolute Gasteiger partial charge is 0.219 e. The third-order valence-electron chi connectivity index (χ3n) is 1.23.